The summed E-state index contributed by atoms with van der Waals surface area (Å²) in [6, 6.07) is 4.80. The van der Waals surface area contributed by atoms with Crippen LogP contribution in [-0.4, -0.2) is 36.3 Å². The number of amides is 1. The van der Waals surface area contributed by atoms with Crippen LogP contribution in [-0.2, 0) is 11.2 Å². The van der Waals surface area contributed by atoms with Gasteiger partial charge < -0.3 is 4.74 Å². The van der Waals surface area contributed by atoms with Gasteiger partial charge in [0.25, 0.3) is 0 Å². The van der Waals surface area contributed by atoms with Gasteiger partial charge in [0, 0.05) is 13.0 Å². The van der Waals surface area contributed by atoms with Crippen LogP contribution < -0.4 is 10.2 Å². The second-order valence-corrected chi connectivity index (χ2v) is 4.82. The predicted octanol–water partition coefficient (Wildman–Crippen LogP) is 2.30. The highest BCUT2D eigenvalue weighted by atomic mass is 19.4. The number of halogens is 3. The number of benzene rings is 1. The smallest absolute Gasteiger partial charge is 0.406 e. The van der Waals surface area contributed by atoms with Gasteiger partial charge in [-0.2, -0.15) is 13.2 Å². The molecular weight excluding hydrogens is 285 g/mol. The van der Waals surface area contributed by atoms with Gasteiger partial charge in [-0.3, -0.25) is 10.2 Å². The molecule has 0 spiro atoms. The van der Waals surface area contributed by atoms with Crippen LogP contribution in [0, 0.1) is 0 Å². The molecule has 1 N–H and O–H groups in total. The number of hydrogen-bond acceptors (Lipinski definition) is 3. The summed E-state index contributed by atoms with van der Waals surface area (Å²) in [6.07, 6.45) is -4.53. The topological polar surface area (TPSA) is 41.6 Å². The van der Waals surface area contributed by atoms with Crippen LogP contribution in [0.5, 0.6) is 5.75 Å². The fourth-order valence-electron chi connectivity index (χ4n) is 2.24. The number of carbonyl (C=O) groups excluding carboxylic acids is 1. The zero-order valence-corrected chi connectivity index (χ0v) is 11.6. The first-order valence-corrected chi connectivity index (χ1v) is 6.74. The normalized spacial score (nSPS) is 17.6. The molecule has 1 fully saturated rings. The summed E-state index contributed by atoms with van der Waals surface area (Å²) in [7, 11) is 0. The van der Waals surface area contributed by atoms with Crippen LogP contribution in [0.4, 0.5) is 13.2 Å². The van der Waals surface area contributed by atoms with Crippen molar-refractivity contribution in [2.45, 2.75) is 32.0 Å². The maximum Gasteiger partial charge on any atom is 0.406 e. The fraction of sp³-hybridized carbons (Fsp3) is 0.500. The van der Waals surface area contributed by atoms with Gasteiger partial charge in [-0.15, -0.1) is 0 Å². The lowest BCUT2D eigenvalue weighted by molar-refractivity contribution is -0.187. The summed E-state index contributed by atoms with van der Waals surface area (Å²) >= 11 is 0. The van der Waals surface area contributed by atoms with Crippen molar-refractivity contribution in [3.8, 4) is 5.75 Å². The molecule has 0 radical (unpaired) electrons. The first kappa shape index (κ1) is 15.6. The third kappa shape index (κ3) is 4.10. The minimum Gasteiger partial charge on any atom is -0.494 e. The molecule has 1 aromatic carbocycles. The molecule has 1 aliphatic heterocycles. The lowest BCUT2D eigenvalue weighted by Crippen LogP contribution is -2.51. The Kier molecular flexibility index (Phi) is 4.72. The molecule has 1 aromatic rings. The number of carbonyl (C=O) groups is 1. The maximum absolute atomic E-state index is 13.2. The SMILES string of the molecule is CCOc1ccc(C[C@H](N2CCC(=O)N2)C(F)(F)F)cc1. The Balaban J connectivity index is 2.09. The molecule has 116 valence electrons. The molecule has 2 rings (SSSR count). The van der Waals surface area contributed by atoms with Gasteiger partial charge in [0.2, 0.25) is 5.91 Å². The number of nitrogens with one attached hydrogen (secondary N) is 1. The van der Waals surface area contributed by atoms with E-state index >= 15 is 0 Å². The van der Waals surface area contributed by atoms with Crippen molar-refractivity contribution < 1.29 is 22.7 Å². The standard InChI is InChI=1S/C14H17F3N2O2/c1-2-21-11-5-3-10(4-6-11)9-12(14(15,16)17)19-8-7-13(20)18-19/h3-6,12H,2,7-9H2,1H3,(H,18,20)/t12-/m0/s1. The van der Waals surface area contributed by atoms with Crippen molar-refractivity contribution in [3.63, 3.8) is 0 Å². The van der Waals surface area contributed by atoms with Crippen molar-refractivity contribution in [2.24, 2.45) is 0 Å². The molecule has 21 heavy (non-hydrogen) atoms. The second kappa shape index (κ2) is 6.34. The largest absolute Gasteiger partial charge is 0.494 e. The molecule has 0 unspecified atom stereocenters. The van der Waals surface area contributed by atoms with E-state index in [1.165, 1.54) is 0 Å². The number of hydrazine groups is 1. The monoisotopic (exact) mass is 302 g/mol. The van der Waals surface area contributed by atoms with Crippen molar-refractivity contribution in [3.05, 3.63) is 29.8 Å². The van der Waals surface area contributed by atoms with E-state index in [9.17, 15) is 18.0 Å². The number of hydrogen-bond donors (Lipinski definition) is 1. The third-order valence-corrected chi connectivity index (χ3v) is 3.27. The summed E-state index contributed by atoms with van der Waals surface area (Å²) in [5.74, 6) is 0.246. The molecular formula is C14H17F3N2O2. The van der Waals surface area contributed by atoms with Gasteiger partial charge in [-0.05, 0) is 31.0 Å². The Labute approximate surface area is 120 Å². The van der Waals surface area contributed by atoms with Gasteiger partial charge in [-0.1, -0.05) is 12.1 Å². The molecule has 1 atom stereocenters. The van der Waals surface area contributed by atoms with Gasteiger partial charge in [0.15, 0.2) is 0 Å². The van der Waals surface area contributed by atoms with Crippen LogP contribution >= 0.6 is 0 Å². The minimum atomic E-state index is -4.41. The molecule has 0 saturated carbocycles. The van der Waals surface area contributed by atoms with Crippen LogP contribution in [0.1, 0.15) is 18.9 Å². The van der Waals surface area contributed by atoms with E-state index in [4.69, 9.17) is 4.74 Å². The molecule has 1 saturated heterocycles. The average Bonchev–Trinajstić information content (AvgIpc) is 2.83. The van der Waals surface area contributed by atoms with Crippen LogP contribution in [0.3, 0.4) is 0 Å². The summed E-state index contributed by atoms with van der Waals surface area (Å²) in [5, 5.41) is 0.971. The number of ether oxygens (including phenoxy) is 1. The first-order valence-electron chi connectivity index (χ1n) is 6.74. The Hall–Kier alpha value is -1.76. The molecule has 0 bridgehead atoms. The highest BCUT2D eigenvalue weighted by Crippen LogP contribution is 2.28. The second-order valence-electron chi connectivity index (χ2n) is 4.82. The lowest BCUT2D eigenvalue weighted by Gasteiger charge is -2.29. The molecule has 0 aliphatic carbocycles. The van der Waals surface area contributed by atoms with Crippen molar-refractivity contribution in [2.75, 3.05) is 13.2 Å². The van der Waals surface area contributed by atoms with E-state index in [1.54, 1.807) is 24.3 Å². The number of nitrogens with zero attached hydrogens (tertiary/aromatic N) is 1. The summed E-state index contributed by atoms with van der Waals surface area (Å²) in [6.45, 7) is 2.41. The van der Waals surface area contributed by atoms with Gasteiger partial charge >= 0.3 is 6.18 Å². The lowest BCUT2D eigenvalue weighted by atomic mass is 10.0. The Morgan fingerprint density at radius 3 is 2.48 bits per heavy atom. The van der Waals surface area contributed by atoms with E-state index in [0.717, 1.165) is 5.01 Å². The molecule has 1 heterocycles. The predicted molar refractivity (Wildman–Crippen MR) is 70.6 cm³/mol. The highest BCUT2D eigenvalue weighted by Gasteiger charge is 2.45. The molecule has 1 aliphatic rings. The first-order chi connectivity index (χ1) is 9.90. The third-order valence-electron chi connectivity index (χ3n) is 3.27. The highest BCUT2D eigenvalue weighted by molar-refractivity contribution is 5.77. The quantitative estimate of drug-likeness (QED) is 0.907. The Morgan fingerprint density at radius 1 is 1.33 bits per heavy atom. The van der Waals surface area contributed by atoms with E-state index in [1.807, 2.05) is 6.92 Å². The number of rotatable bonds is 5. The average molecular weight is 302 g/mol. The van der Waals surface area contributed by atoms with Crippen LogP contribution in [0.2, 0.25) is 0 Å². The van der Waals surface area contributed by atoms with E-state index in [2.05, 4.69) is 5.43 Å². The molecule has 7 heteroatoms. The minimum absolute atomic E-state index is 0.0695. The Bertz CT molecular complexity index is 488. The van der Waals surface area contributed by atoms with Gasteiger partial charge in [0.05, 0.1) is 6.61 Å². The summed E-state index contributed by atoms with van der Waals surface area (Å²) in [5.41, 5.74) is 2.81. The molecule has 1 amide bonds. The summed E-state index contributed by atoms with van der Waals surface area (Å²) < 4.78 is 44.8. The zero-order chi connectivity index (χ0) is 15.5. The zero-order valence-electron chi connectivity index (χ0n) is 11.6. The maximum atomic E-state index is 13.2. The summed E-state index contributed by atoms with van der Waals surface area (Å²) in [4.78, 5) is 11.1. The number of alkyl halides is 3. The van der Waals surface area contributed by atoms with Crippen molar-refractivity contribution >= 4 is 5.91 Å². The molecule has 4 nitrogen and oxygen atoms in total. The Morgan fingerprint density at radius 2 is 2.00 bits per heavy atom. The van der Waals surface area contributed by atoms with E-state index in [0.29, 0.717) is 17.9 Å². The van der Waals surface area contributed by atoms with Gasteiger partial charge in [-0.25, -0.2) is 5.01 Å². The van der Waals surface area contributed by atoms with Crippen molar-refractivity contribution in [1.82, 2.24) is 10.4 Å². The fourth-order valence-corrected chi connectivity index (χ4v) is 2.24. The van der Waals surface area contributed by atoms with Crippen molar-refractivity contribution in [1.29, 1.82) is 0 Å². The van der Waals surface area contributed by atoms with Gasteiger partial charge in [0.1, 0.15) is 11.8 Å². The van der Waals surface area contributed by atoms with E-state index in [-0.39, 0.29) is 25.3 Å². The molecule has 0 aromatic heterocycles. The van der Waals surface area contributed by atoms with Crippen LogP contribution in [0.25, 0.3) is 0 Å². The van der Waals surface area contributed by atoms with Crippen LogP contribution in [0.15, 0.2) is 24.3 Å². The van der Waals surface area contributed by atoms with E-state index < -0.39 is 12.2 Å².